The lowest BCUT2D eigenvalue weighted by atomic mass is 10.2. The summed E-state index contributed by atoms with van der Waals surface area (Å²) in [5.74, 6) is -1.22. The summed E-state index contributed by atoms with van der Waals surface area (Å²) >= 11 is 0. The molecule has 2 rings (SSSR count). The molecule has 0 atom stereocenters. The van der Waals surface area contributed by atoms with Crippen LogP contribution >= 0.6 is 0 Å². The number of anilines is 1. The first-order valence-electron chi connectivity index (χ1n) is 7.19. The number of aromatic carboxylic acids is 1. The molecule has 0 unspecified atom stereocenters. The van der Waals surface area contributed by atoms with E-state index in [1.165, 1.54) is 12.1 Å². The van der Waals surface area contributed by atoms with Gasteiger partial charge in [0.15, 0.2) is 0 Å². The van der Waals surface area contributed by atoms with Crippen LogP contribution in [-0.4, -0.2) is 37.8 Å². The molecule has 0 saturated carbocycles. The minimum atomic E-state index is -3.93. The minimum absolute atomic E-state index is 0.0832. The molecule has 0 saturated heterocycles. The number of aliphatic hydroxyl groups is 1. The Morgan fingerprint density at radius 3 is 2.42 bits per heavy atom. The van der Waals surface area contributed by atoms with E-state index in [9.17, 15) is 13.2 Å². The van der Waals surface area contributed by atoms with E-state index in [1.54, 1.807) is 24.3 Å². The molecule has 0 spiro atoms. The molecular formula is C16H18N2O5S. The number of rotatable bonds is 8. The Bertz CT molecular complexity index is 806. The Hall–Kier alpha value is -2.42. The topological polar surface area (TPSA) is 116 Å². The van der Waals surface area contributed by atoms with Gasteiger partial charge >= 0.3 is 5.97 Å². The van der Waals surface area contributed by atoms with Crippen LogP contribution in [0.15, 0.2) is 53.4 Å². The van der Waals surface area contributed by atoms with Crippen molar-refractivity contribution in [3.63, 3.8) is 0 Å². The number of carbonyl (C=O) groups is 1. The molecule has 0 aromatic heterocycles. The quantitative estimate of drug-likeness (QED) is 0.570. The van der Waals surface area contributed by atoms with Gasteiger partial charge in [-0.2, -0.15) is 0 Å². The number of hydrogen-bond donors (Lipinski definition) is 4. The van der Waals surface area contributed by atoms with Gasteiger partial charge in [0.05, 0.1) is 17.9 Å². The zero-order chi connectivity index (χ0) is 17.6. The van der Waals surface area contributed by atoms with E-state index in [0.29, 0.717) is 0 Å². The predicted molar refractivity (Wildman–Crippen MR) is 89.4 cm³/mol. The third-order valence-electron chi connectivity index (χ3n) is 3.25. The second-order valence-corrected chi connectivity index (χ2v) is 6.71. The molecular weight excluding hydrogens is 332 g/mol. The summed E-state index contributed by atoms with van der Waals surface area (Å²) in [5.41, 5.74) is 0.875. The fourth-order valence-corrected chi connectivity index (χ4v) is 3.29. The van der Waals surface area contributed by atoms with Crippen molar-refractivity contribution in [1.82, 2.24) is 4.72 Å². The van der Waals surface area contributed by atoms with E-state index >= 15 is 0 Å². The van der Waals surface area contributed by atoms with Gasteiger partial charge in [-0.25, -0.2) is 17.9 Å². The second-order valence-electron chi connectivity index (χ2n) is 4.98. The lowest BCUT2D eigenvalue weighted by molar-refractivity contribution is 0.0696. The molecule has 0 radical (unpaired) electrons. The monoisotopic (exact) mass is 350 g/mol. The SMILES string of the molecule is O=C(O)c1ccc(NCCO)c(S(=O)(=O)NCc2ccccc2)c1. The van der Waals surface area contributed by atoms with Crippen LogP contribution in [0.2, 0.25) is 0 Å². The average molecular weight is 350 g/mol. The van der Waals surface area contributed by atoms with E-state index in [0.717, 1.165) is 11.6 Å². The third kappa shape index (κ3) is 4.54. The summed E-state index contributed by atoms with van der Waals surface area (Å²) in [6.45, 7) is 0.0468. The molecule has 7 nitrogen and oxygen atoms in total. The fourth-order valence-electron chi connectivity index (χ4n) is 2.07. The van der Waals surface area contributed by atoms with Crippen LogP contribution < -0.4 is 10.0 Å². The largest absolute Gasteiger partial charge is 0.478 e. The Morgan fingerprint density at radius 1 is 1.08 bits per heavy atom. The van der Waals surface area contributed by atoms with E-state index < -0.39 is 16.0 Å². The summed E-state index contributed by atoms with van der Waals surface area (Å²) < 4.78 is 27.6. The Kier molecular flexibility index (Phi) is 5.91. The molecule has 0 heterocycles. The van der Waals surface area contributed by atoms with Crippen LogP contribution in [0.25, 0.3) is 0 Å². The molecule has 0 aliphatic heterocycles. The molecule has 0 bridgehead atoms. The highest BCUT2D eigenvalue weighted by Crippen LogP contribution is 2.23. The van der Waals surface area contributed by atoms with Gasteiger partial charge in [-0.3, -0.25) is 0 Å². The van der Waals surface area contributed by atoms with Gasteiger partial charge in [0, 0.05) is 13.1 Å². The molecule has 0 aliphatic carbocycles. The molecule has 2 aromatic carbocycles. The lowest BCUT2D eigenvalue weighted by Crippen LogP contribution is -2.25. The maximum absolute atomic E-state index is 12.6. The van der Waals surface area contributed by atoms with Crippen molar-refractivity contribution in [2.75, 3.05) is 18.5 Å². The minimum Gasteiger partial charge on any atom is -0.478 e. The molecule has 8 heteroatoms. The van der Waals surface area contributed by atoms with Crippen LogP contribution in [0.5, 0.6) is 0 Å². The zero-order valence-electron chi connectivity index (χ0n) is 12.8. The maximum Gasteiger partial charge on any atom is 0.335 e. The van der Waals surface area contributed by atoms with Crippen LogP contribution in [0, 0.1) is 0 Å². The van der Waals surface area contributed by atoms with Crippen molar-refractivity contribution in [3.05, 3.63) is 59.7 Å². The molecule has 2 aromatic rings. The van der Waals surface area contributed by atoms with Crippen molar-refractivity contribution in [2.24, 2.45) is 0 Å². The number of aliphatic hydroxyl groups excluding tert-OH is 1. The number of benzene rings is 2. The van der Waals surface area contributed by atoms with Crippen LogP contribution in [0.1, 0.15) is 15.9 Å². The first-order valence-corrected chi connectivity index (χ1v) is 8.68. The summed E-state index contributed by atoms with van der Waals surface area (Å²) in [5, 5.41) is 20.7. The van der Waals surface area contributed by atoms with Gasteiger partial charge in [-0.1, -0.05) is 30.3 Å². The molecule has 0 aliphatic rings. The summed E-state index contributed by atoms with van der Waals surface area (Å²) in [7, 11) is -3.93. The average Bonchev–Trinajstić information content (AvgIpc) is 2.59. The number of nitrogens with one attached hydrogen (secondary N) is 2. The summed E-state index contributed by atoms with van der Waals surface area (Å²) in [6, 6.07) is 12.7. The molecule has 128 valence electrons. The first-order chi connectivity index (χ1) is 11.4. The number of carboxylic acid groups (broad SMARTS) is 1. The Morgan fingerprint density at radius 2 is 1.79 bits per heavy atom. The third-order valence-corrected chi connectivity index (χ3v) is 4.70. The van der Waals surface area contributed by atoms with Crippen molar-refractivity contribution in [2.45, 2.75) is 11.4 Å². The van der Waals surface area contributed by atoms with Crippen LogP contribution in [0.4, 0.5) is 5.69 Å². The smallest absolute Gasteiger partial charge is 0.335 e. The highest BCUT2D eigenvalue weighted by Gasteiger charge is 2.20. The van der Waals surface area contributed by atoms with Gasteiger partial charge in [-0.05, 0) is 23.8 Å². The molecule has 4 N–H and O–H groups in total. The summed E-state index contributed by atoms with van der Waals surface area (Å²) in [6.07, 6.45) is 0. The van der Waals surface area contributed by atoms with Crippen molar-refractivity contribution < 1.29 is 23.4 Å². The van der Waals surface area contributed by atoms with E-state index in [2.05, 4.69) is 10.0 Å². The summed E-state index contributed by atoms with van der Waals surface area (Å²) in [4.78, 5) is 10.9. The zero-order valence-corrected chi connectivity index (χ0v) is 13.6. The molecule has 24 heavy (non-hydrogen) atoms. The standard InChI is InChI=1S/C16H18N2O5S/c19-9-8-17-14-7-6-13(16(20)21)10-15(14)24(22,23)18-11-12-4-2-1-3-5-12/h1-7,10,17-19H,8-9,11H2,(H,20,21). The van der Waals surface area contributed by atoms with E-state index in [1.807, 2.05) is 6.07 Å². The van der Waals surface area contributed by atoms with E-state index in [-0.39, 0.29) is 35.8 Å². The number of hydrogen-bond acceptors (Lipinski definition) is 5. The molecule has 0 fully saturated rings. The van der Waals surface area contributed by atoms with Gasteiger partial charge in [0.2, 0.25) is 10.0 Å². The normalized spacial score (nSPS) is 11.2. The number of sulfonamides is 1. The maximum atomic E-state index is 12.6. The van der Waals surface area contributed by atoms with Gasteiger partial charge in [0.1, 0.15) is 4.90 Å². The Balaban J connectivity index is 2.31. The van der Waals surface area contributed by atoms with Crippen LogP contribution in [-0.2, 0) is 16.6 Å². The fraction of sp³-hybridized carbons (Fsp3) is 0.188. The second kappa shape index (κ2) is 7.91. The Labute approximate surface area is 140 Å². The highest BCUT2D eigenvalue weighted by atomic mass is 32.2. The van der Waals surface area contributed by atoms with Gasteiger partial charge < -0.3 is 15.5 Å². The van der Waals surface area contributed by atoms with Crippen LogP contribution in [0.3, 0.4) is 0 Å². The molecule has 0 amide bonds. The van der Waals surface area contributed by atoms with E-state index in [4.69, 9.17) is 10.2 Å². The lowest BCUT2D eigenvalue weighted by Gasteiger charge is -2.13. The van der Waals surface area contributed by atoms with Crippen molar-refractivity contribution in [3.8, 4) is 0 Å². The van der Waals surface area contributed by atoms with Crippen molar-refractivity contribution in [1.29, 1.82) is 0 Å². The number of carboxylic acids is 1. The first kappa shape index (κ1) is 17.9. The van der Waals surface area contributed by atoms with Crippen molar-refractivity contribution >= 4 is 21.7 Å². The van der Waals surface area contributed by atoms with Gasteiger partial charge in [0.25, 0.3) is 0 Å². The highest BCUT2D eigenvalue weighted by molar-refractivity contribution is 7.89. The van der Waals surface area contributed by atoms with Gasteiger partial charge in [-0.15, -0.1) is 0 Å². The predicted octanol–water partition coefficient (Wildman–Crippen LogP) is 1.27.